The molecule has 0 amide bonds. The van der Waals surface area contributed by atoms with Crippen LogP contribution in [-0.2, 0) is 11.0 Å². The molecular weight excluding hydrogens is 493 g/mol. The molecule has 1 heterocycles. The van der Waals surface area contributed by atoms with Crippen LogP contribution in [0.5, 0.6) is 0 Å². The van der Waals surface area contributed by atoms with Crippen molar-refractivity contribution in [2.75, 3.05) is 32.1 Å². The number of halogens is 6. The number of likely N-dealkylation sites (N-methyl/N-ethyl adjacent to an activating group) is 1. The molecule has 1 fully saturated rings. The summed E-state index contributed by atoms with van der Waals surface area (Å²) in [7, 11) is 3.60. The Labute approximate surface area is 206 Å². The molecule has 1 saturated heterocycles. The van der Waals surface area contributed by atoms with Crippen molar-refractivity contribution in [2.45, 2.75) is 43.6 Å². The zero-order chi connectivity index (χ0) is 25.0. The predicted octanol–water partition coefficient (Wildman–Crippen LogP) is 5.97. The zero-order valence-electron chi connectivity index (χ0n) is 18.9. The smallest absolute Gasteiger partial charge is 0.370 e. The lowest BCUT2D eigenvalue weighted by atomic mass is 9.93. The fourth-order valence-corrected chi connectivity index (χ4v) is 4.89. The normalized spacial score (nSPS) is 19.9. The zero-order valence-corrected chi connectivity index (χ0v) is 20.4. The quantitative estimate of drug-likeness (QED) is 0.251. The van der Waals surface area contributed by atoms with E-state index in [1.54, 1.807) is 19.2 Å². The van der Waals surface area contributed by atoms with Gasteiger partial charge in [-0.15, -0.1) is 0 Å². The van der Waals surface area contributed by atoms with E-state index in [0.29, 0.717) is 35.2 Å². The van der Waals surface area contributed by atoms with Gasteiger partial charge in [0, 0.05) is 44.2 Å². The second-order valence-corrected chi connectivity index (χ2v) is 9.29. The molecule has 3 atom stereocenters. The average Bonchev–Trinajstić information content (AvgIpc) is 3.22. The molecule has 1 unspecified atom stereocenters. The van der Waals surface area contributed by atoms with Crippen LogP contribution < -0.4 is 10.2 Å². The van der Waals surface area contributed by atoms with Crippen molar-refractivity contribution in [3.8, 4) is 0 Å². The summed E-state index contributed by atoms with van der Waals surface area (Å²) >= 11 is 12.4. The molecule has 0 aliphatic carbocycles. The maximum atomic E-state index is 14.3. The topological polar surface area (TPSA) is 35.6 Å². The van der Waals surface area contributed by atoms with Gasteiger partial charge in [-0.3, -0.25) is 4.90 Å². The van der Waals surface area contributed by atoms with E-state index in [-0.39, 0.29) is 18.1 Å². The van der Waals surface area contributed by atoms with E-state index in [2.05, 4.69) is 10.2 Å². The van der Waals surface area contributed by atoms with E-state index in [0.717, 1.165) is 36.8 Å². The standard InChI is InChI=1S/C24H27Cl2F4N3O/c1-31-23(5-3-4-10-34)33-13-17(15-6-9-19(25)20(26)11-15)22(14-33)32(2)16-7-8-18(21(27)12-16)24(28,29)30/h6-12,17,22-23,31H,3-5,13-14H2,1-2H3/t17-,22-,23?/m1/s1. The third kappa shape index (κ3) is 6.03. The van der Waals surface area contributed by atoms with Gasteiger partial charge in [0.15, 0.2) is 0 Å². The number of benzene rings is 2. The van der Waals surface area contributed by atoms with Crippen LogP contribution in [0, 0.1) is 5.82 Å². The van der Waals surface area contributed by atoms with Crippen molar-refractivity contribution in [1.29, 1.82) is 0 Å². The predicted molar refractivity (Wildman–Crippen MR) is 127 cm³/mol. The Kier molecular flexibility index (Phi) is 8.84. The number of hydrogen-bond acceptors (Lipinski definition) is 4. The number of unbranched alkanes of at least 4 members (excludes halogenated alkanes) is 1. The number of hydrogen-bond donors (Lipinski definition) is 1. The maximum Gasteiger partial charge on any atom is 0.419 e. The van der Waals surface area contributed by atoms with Gasteiger partial charge in [0.05, 0.1) is 21.8 Å². The average molecular weight is 520 g/mol. The number of anilines is 1. The van der Waals surface area contributed by atoms with Gasteiger partial charge >= 0.3 is 6.18 Å². The first-order chi connectivity index (χ1) is 16.1. The Morgan fingerprint density at radius 3 is 2.50 bits per heavy atom. The van der Waals surface area contributed by atoms with E-state index >= 15 is 0 Å². The van der Waals surface area contributed by atoms with Gasteiger partial charge in [0.2, 0.25) is 0 Å². The number of alkyl halides is 3. The van der Waals surface area contributed by atoms with Crippen LogP contribution in [-0.4, -0.2) is 50.6 Å². The SMILES string of the molecule is CNC(CCCC=O)N1C[C@H](c2ccc(Cl)c(Cl)c2)[C@H](N(C)c2ccc(C(F)(F)F)c(F)c2)C1. The van der Waals surface area contributed by atoms with Gasteiger partial charge in [0.25, 0.3) is 0 Å². The van der Waals surface area contributed by atoms with Crippen LogP contribution in [0.1, 0.15) is 36.3 Å². The lowest BCUT2D eigenvalue weighted by Gasteiger charge is -2.32. The molecule has 2 aromatic carbocycles. The van der Waals surface area contributed by atoms with Crippen molar-refractivity contribution >= 4 is 35.2 Å². The van der Waals surface area contributed by atoms with Gasteiger partial charge in [0.1, 0.15) is 12.1 Å². The Morgan fingerprint density at radius 2 is 1.91 bits per heavy atom. The fraction of sp³-hybridized carbons (Fsp3) is 0.458. The summed E-state index contributed by atoms with van der Waals surface area (Å²) in [6.45, 7) is 1.22. The minimum Gasteiger partial charge on any atom is -0.370 e. The fourth-order valence-electron chi connectivity index (χ4n) is 4.58. The van der Waals surface area contributed by atoms with E-state index in [1.807, 2.05) is 18.0 Å². The molecule has 10 heteroatoms. The number of likely N-dealkylation sites (tertiary alicyclic amines) is 1. The minimum absolute atomic E-state index is 0.00737. The third-order valence-electron chi connectivity index (χ3n) is 6.43. The highest BCUT2D eigenvalue weighted by molar-refractivity contribution is 6.42. The monoisotopic (exact) mass is 519 g/mol. The molecule has 1 aliphatic heterocycles. The molecule has 1 N–H and O–H groups in total. The summed E-state index contributed by atoms with van der Waals surface area (Å²) in [5.74, 6) is -1.37. The summed E-state index contributed by atoms with van der Waals surface area (Å²) in [4.78, 5) is 14.8. The van der Waals surface area contributed by atoms with Gasteiger partial charge in [-0.05, 0) is 55.8 Å². The number of carbonyl (C=O) groups excluding carboxylic acids is 1. The van der Waals surface area contributed by atoms with E-state index in [1.165, 1.54) is 6.07 Å². The molecule has 0 saturated carbocycles. The van der Waals surface area contributed by atoms with Gasteiger partial charge in [-0.1, -0.05) is 29.3 Å². The van der Waals surface area contributed by atoms with Gasteiger partial charge in [-0.25, -0.2) is 4.39 Å². The van der Waals surface area contributed by atoms with Crippen molar-refractivity contribution < 1.29 is 22.4 Å². The van der Waals surface area contributed by atoms with Crippen molar-refractivity contribution in [1.82, 2.24) is 10.2 Å². The lowest BCUT2D eigenvalue weighted by molar-refractivity contribution is -0.140. The first-order valence-corrected chi connectivity index (χ1v) is 11.7. The Morgan fingerprint density at radius 1 is 1.18 bits per heavy atom. The summed E-state index contributed by atoms with van der Waals surface area (Å²) in [6.07, 6.45) is -1.90. The summed E-state index contributed by atoms with van der Waals surface area (Å²) < 4.78 is 53.4. The molecule has 2 aromatic rings. The molecule has 34 heavy (non-hydrogen) atoms. The van der Waals surface area contributed by atoms with Gasteiger partial charge < -0.3 is 15.0 Å². The highest BCUT2D eigenvalue weighted by Crippen LogP contribution is 2.38. The highest BCUT2D eigenvalue weighted by Gasteiger charge is 2.40. The van der Waals surface area contributed by atoms with Crippen molar-refractivity contribution in [2.24, 2.45) is 0 Å². The third-order valence-corrected chi connectivity index (χ3v) is 7.16. The molecule has 1 aliphatic rings. The number of carbonyl (C=O) groups is 1. The molecule has 3 rings (SSSR count). The van der Waals surface area contributed by atoms with E-state index in [9.17, 15) is 22.4 Å². The first-order valence-electron chi connectivity index (χ1n) is 11.0. The van der Waals surface area contributed by atoms with Gasteiger partial charge in [-0.2, -0.15) is 13.2 Å². The Bertz CT molecular complexity index is 1000. The van der Waals surface area contributed by atoms with Crippen molar-refractivity contribution in [3.63, 3.8) is 0 Å². The molecule has 0 aromatic heterocycles. The molecule has 0 radical (unpaired) electrons. The number of nitrogens with zero attached hydrogens (tertiary/aromatic N) is 2. The highest BCUT2D eigenvalue weighted by atomic mass is 35.5. The van der Waals surface area contributed by atoms with Crippen LogP contribution in [0.4, 0.5) is 23.2 Å². The van der Waals surface area contributed by atoms with Crippen LogP contribution in [0.15, 0.2) is 36.4 Å². The van der Waals surface area contributed by atoms with Crippen molar-refractivity contribution in [3.05, 3.63) is 63.4 Å². The van der Waals surface area contributed by atoms with E-state index < -0.39 is 17.6 Å². The summed E-state index contributed by atoms with van der Waals surface area (Å²) in [5, 5.41) is 4.13. The molecular formula is C24H27Cl2F4N3O. The molecule has 0 spiro atoms. The lowest BCUT2D eigenvalue weighted by Crippen LogP contribution is -2.44. The Hall–Kier alpha value is -1.87. The minimum atomic E-state index is -4.75. The number of nitrogens with one attached hydrogen (secondary N) is 1. The number of rotatable bonds is 9. The van der Waals surface area contributed by atoms with Crippen LogP contribution in [0.25, 0.3) is 0 Å². The summed E-state index contributed by atoms with van der Waals surface area (Å²) in [6, 6.07) is 8.23. The molecule has 4 nitrogen and oxygen atoms in total. The Balaban J connectivity index is 1.92. The molecule has 186 valence electrons. The second-order valence-electron chi connectivity index (χ2n) is 8.48. The van der Waals surface area contributed by atoms with Crippen LogP contribution in [0.2, 0.25) is 10.0 Å². The second kappa shape index (κ2) is 11.2. The van der Waals surface area contributed by atoms with Crippen LogP contribution >= 0.6 is 23.2 Å². The largest absolute Gasteiger partial charge is 0.419 e. The first kappa shape index (κ1) is 26.7. The summed E-state index contributed by atoms with van der Waals surface area (Å²) in [5.41, 5.74) is -0.00240. The molecule has 0 bridgehead atoms. The maximum absolute atomic E-state index is 14.3. The van der Waals surface area contributed by atoms with Crippen LogP contribution in [0.3, 0.4) is 0 Å². The van der Waals surface area contributed by atoms with E-state index in [4.69, 9.17) is 23.2 Å². The number of aldehydes is 1.